The van der Waals surface area contributed by atoms with Crippen LogP contribution in [0.2, 0.25) is 0 Å². The molecule has 1 unspecified atom stereocenters. The summed E-state index contributed by atoms with van der Waals surface area (Å²) in [6.07, 6.45) is -1.61. The molecule has 14 heavy (non-hydrogen) atoms. The number of carboxylic acid groups (broad SMARTS) is 1. The van der Waals surface area contributed by atoms with Gasteiger partial charge in [-0.15, -0.1) is 0 Å². The fourth-order valence-corrected chi connectivity index (χ4v) is 0.582. The van der Waals surface area contributed by atoms with Crippen LogP contribution in [-0.2, 0) is 4.79 Å². The zero-order valence-corrected chi connectivity index (χ0v) is 8.04. The summed E-state index contributed by atoms with van der Waals surface area (Å²) in [5.41, 5.74) is 0. The van der Waals surface area contributed by atoms with Crippen molar-refractivity contribution in [2.45, 2.75) is 6.10 Å². The van der Waals surface area contributed by atoms with Crippen LogP contribution in [0.15, 0.2) is 11.6 Å². The van der Waals surface area contributed by atoms with Gasteiger partial charge in [-0.3, -0.25) is 0 Å². The third kappa shape index (κ3) is 6.27. The Bertz CT molecular complexity index is 244. The maximum atomic E-state index is 10.8. The van der Waals surface area contributed by atoms with Gasteiger partial charge >= 0.3 is 12.0 Å². The second kappa shape index (κ2) is 6.22. The minimum atomic E-state index is -1.61. The molecule has 6 nitrogen and oxygen atoms in total. The van der Waals surface area contributed by atoms with Crippen LogP contribution < -0.4 is 10.6 Å². The average molecular weight is 223 g/mol. The summed E-state index contributed by atoms with van der Waals surface area (Å²) in [5, 5.41) is 21.7. The summed E-state index contributed by atoms with van der Waals surface area (Å²) in [4.78, 5) is 21.0. The van der Waals surface area contributed by atoms with Crippen molar-refractivity contribution in [1.29, 1.82) is 0 Å². The molecule has 0 radical (unpaired) electrons. The van der Waals surface area contributed by atoms with Crippen molar-refractivity contribution in [1.82, 2.24) is 10.6 Å². The van der Waals surface area contributed by atoms with Crippen molar-refractivity contribution in [3.63, 3.8) is 0 Å². The first-order valence-electron chi connectivity index (χ1n) is 3.69. The predicted octanol–water partition coefficient (Wildman–Crippen LogP) is -0.516. The Morgan fingerprint density at radius 1 is 1.43 bits per heavy atom. The van der Waals surface area contributed by atoms with Gasteiger partial charge in [0.1, 0.15) is 0 Å². The third-order valence-electron chi connectivity index (χ3n) is 1.18. The lowest BCUT2D eigenvalue weighted by Gasteiger charge is -2.08. The van der Waals surface area contributed by atoms with E-state index in [-0.39, 0.29) is 18.1 Å². The number of rotatable bonds is 5. The lowest BCUT2D eigenvalue weighted by molar-refractivity contribution is -0.146. The van der Waals surface area contributed by atoms with E-state index < -0.39 is 18.1 Å². The molecule has 0 rings (SSSR count). The molecule has 4 N–H and O–H groups in total. The summed E-state index contributed by atoms with van der Waals surface area (Å²) in [6.45, 7) is 3.04. The molecule has 0 aliphatic carbocycles. The van der Waals surface area contributed by atoms with Crippen molar-refractivity contribution < 1.29 is 19.8 Å². The summed E-state index contributed by atoms with van der Waals surface area (Å²) in [5.74, 6) is -1.40. The number of hydrogen-bond acceptors (Lipinski definition) is 3. The molecule has 0 saturated carbocycles. The lowest BCUT2D eigenvalue weighted by atomic mass is 10.4. The number of halogens is 1. The van der Waals surface area contributed by atoms with Crippen LogP contribution in [0.1, 0.15) is 0 Å². The summed E-state index contributed by atoms with van der Waals surface area (Å²) in [6, 6.07) is -0.618. The lowest BCUT2D eigenvalue weighted by Crippen LogP contribution is -2.42. The van der Waals surface area contributed by atoms with Gasteiger partial charge in [-0.2, -0.15) is 0 Å². The van der Waals surface area contributed by atoms with Crippen LogP contribution in [0.3, 0.4) is 0 Å². The van der Waals surface area contributed by atoms with Crippen molar-refractivity contribution in [2.24, 2.45) is 0 Å². The summed E-state index contributed by atoms with van der Waals surface area (Å²) >= 11 is 5.35. The number of urea groups is 1. The molecule has 2 amide bonds. The van der Waals surface area contributed by atoms with Crippen molar-refractivity contribution >= 4 is 23.6 Å². The van der Waals surface area contributed by atoms with Gasteiger partial charge in [-0.25, -0.2) is 9.59 Å². The molecule has 80 valence electrons. The van der Waals surface area contributed by atoms with Gasteiger partial charge in [-0.05, 0) is 0 Å². The van der Waals surface area contributed by atoms with Crippen molar-refractivity contribution in [3.05, 3.63) is 11.6 Å². The third-order valence-corrected chi connectivity index (χ3v) is 1.32. The van der Waals surface area contributed by atoms with E-state index >= 15 is 0 Å². The van der Waals surface area contributed by atoms with Gasteiger partial charge in [0.15, 0.2) is 6.10 Å². The van der Waals surface area contributed by atoms with Gasteiger partial charge in [0.2, 0.25) is 0 Å². The Labute approximate surface area is 85.6 Å². The molecule has 0 aliphatic rings. The second-order valence-electron chi connectivity index (χ2n) is 2.43. The van der Waals surface area contributed by atoms with Crippen LogP contribution >= 0.6 is 11.6 Å². The summed E-state index contributed by atoms with van der Waals surface area (Å²) in [7, 11) is 0. The van der Waals surface area contributed by atoms with Crippen molar-refractivity contribution in [3.8, 4) is 0 Å². The molecule has 0 spiro atoms. The van der Waals surface area contributed by atoms with Crippen LogP contribution in [0, 0.1) is 0 Å². The van der Waals surface area contributed by atoms with Gasteiger partial charge in [-0.1, -0.05) is 18.2 Å². The number of nitrogens with one attached hydrogen (secondary N) is 2. The number of aliphatic hydroxyl groups is 1. The van der Waals surface area contributed by atoms with E-state index in [1.54, 1.807) is 0 Å². The molecule has 0 aromatic rings. The molecule has 0 bridgehead atoms. The average Bonchev–Trinajstić information content (AvgIpc) is 2.10. The van der Waals surface area contributed by atoms with E-state index in [2.05, 4.69) is 17.2 Å². The molecular weight excluding hydrogens is 212 g/mol. The van der Waals surface area contributed by atoms with Gasteiger partial charge in [0, 0.05) is 5.03 Å². The predicted molar refractivity (Wildman–Crippen MR) is 50.0 cm³/mol. The number of aliphatic carboxylic acids is 1. The van der Waals surface area contributed by atoms with Crippen LogP contribution in [0.25, 0.3) is 0 Å². The first-order chi connectivity index (χ1) is 6.43. The zero-order valence-electron chi connectivity index (χ0n) is 7.29. The number of carbonyl (C=O) groups excluding carboxylic acids is 1. The fourth-order valence-electron chi connectivity index (χ4n) is 0.515. The first kappa shape index (κ1) is 12.7. The molecule has 0 saturated heterocycles. The molecular formula is C7H11ClN2O4. The second-order valence-corrected chi connectivity index (χ2v) is 2.97. The first-order valence-corrected chi connectivity index (χ1v) is 4.07. The Morgan fingerprint density at radius 3 is 2.43 bits per heavy atom. The minimum absolute atomic E-state index is 0.0799. The summed E-state index contributed by atoms with van der Waals surface area (Å²) < 4.78 is 0. The molecule has 0 aromatic heterocycles. The van der Waals surface area contributed by atoms with Crippen LogP contribution in [0.5, 0.6) is 0 Å². The van der Waals surface area contributed by atoms with Crippen molar-refractivity contribution in [2.75, 3.05) is 13.1 Å². The smallest absolute Gasteiger partial charge is 0.334 e. The quantitative estimate of drug-likeness (QED) is 0.503. The van der Waals surface area contributed by atoms with E-state index in [1.807, 2.05) is 0 Å². The Hall–Kier alpha value is -1.27. The minimum Gasteiger partial charge on any atom is -0.479 e. The van der Waals surface area contributed by atoms with E-state index in [0.29, 0.717) is 0 Å². The molecule has 1 atom stereocenters. The number of hydrogen-bond donors (Lipinski definition) is 4. The van der Waals surface area contributed by atoms with Crippen LogP contribution in [0.4, 0.5) is 4.79 Å². The number of carboxylic acids is 1. The van der Waals surface area contributed by atoms with Gasteiger partial charge in [0.05, 0.1) is 13.1 Å². The Balaban J connectivity index is 3.64. The largest absolute Gasteiger partial charge is 0.479 e. The van der Waals surface area contributed by atoms with E-state index in [9.17, 15) is 9.59 Å². The SMILES string of the molecule is C=C(Cl)CNC(=O)NCC(O)C(=O)O. The molecule has 0 heterocycles. The normalized spacial score (nSPS) is 11.6. The highest BCUT2D eigenvalue weighted by Gasteiger charge is 2.13. The highest BCUT2D eigenvalue weighted by atomic mass is 35.5. The highest BCUT2D eigenvalue weighted by Crippen LogP contribution is 1.91. The Kier molecular flexibility index (Phi) is 5.66. The number of aliphatic hydroxyl groups excluding tert-OH is 1. The number of amides is 2. The topological polar surface area (TPSA) is 98.7 Å². The van der Waals surface area contributed by atoms with E-state index in [4.69, 9.17) is 21.8 Å². The number of carbonyl (C=O) groups is 2. The highest BCUT2D eigenvalue weighted by molar-refractivity contribution is 6.29. The van der Waals surface area contributed by atoms with E-state index in [1.165, 1.54) is 0 Å². The molecule has 7 heteroatoms. The maximum absolute atomic E-state index is 10.8. The van der Waals surface area contributed by atoms with Gasteiger partial charge in [0.25, 0.3) is 0 Å². The monoisotopic (exact) mass is 222 g/mol. The standard InChI is InChI=1S/C7H11ClN2O4/c1-4(8)2-9-7(14)10-3-5(11)6(12)13/h5,11H,1-3H2,(H,12,13)(H2,9,10,14). The zero-order chi connectivity index (χ0) is 11.1. The molecule has 0 aliphatic heterocycles. The maximum Gasteiger partial charge on any atom is 0.334 e. The molecule has 0 aromatic carbocycles. The fraction of sp³-hybridized carbons (Fsp3) is 0.429. The van der Waals surface area contributed by atoms with Gasteiger partial charge < -0.3 is 20.8 Å². The van der Waals surface area contributed by atoms with E-state index in [0.717, 1.165) is 0 Å². The Morgan fingerprint density at radius 2 is 2.00 bits per heavy atom. The van der Waals surface area contributed by atoms with Crippen LogP contribution in [-0.4, -0.2) is 41.4 Å². The molecule has 0 fully saturated rings.